The lowest BCUT2D eigenvalue weighted by Gasteiger charge is -2.19. The van der Waals surface area contributed by atoms with Gasteiger partial charge in [-0.05, 0) is 35.6 Å². The number of carboxylic acid groups (broad SMARTS) is 1. The smallest absolute Gasteiger partial charge is 0.407 e. The number of amides is 2. The quantitative estimate of drug-likeness (QED) is 0.505. The van der Waals surface area contributed by atoms with Crippen molar-refractivity contribution in [1.29, 1.82) is 0 Å². The number of carboxylic acids is 1. The average Bonchev–Trinajstić information content (AvgIpc) is 3.08. The fourth-order valence-corrected chi connectivity index (χ4v) is 4.43. The molecule has 0 radical (unpaired) electrons. The molecule has 10 heteroatoms. The van der Waals surface area contributed by atoms with Crippen molar-refractivity contribution in [1.82, 2.24) is 10.6 Å². The summed E-state index contributed by atoms with van der Waals surface area (Å²) >= 11 is 0. The van der Waals surface area contributed by atoms with Crippen LogP contribution in [0.1, 0.15) is 30.4 Å². The van der Waals surface area contributed by atoms with Crippen LogP contribution in [0, 0.1) is 0 Å². The predicted molar refractivity (Wildman–Crippen MR) is 122 cm³/mol. The molecule has 2 atom stereocenters. The van der Waals surface area contributed by atoms with E-state index in [0.29, 0.717) is 0 Å². The van der Waals surface area contributed by atoms with E-state index in [0.717, 1.165) is 28.5 Å². The Morgan fingerprint density at radius 2 is 1.55 bits per heavy atom. The fraction of sp³-hybridized carbons (Fsp3) is 0.348. The van der Waals surface area contributed by atoms with Gasteiger partial charge in [-0.15, -0.1) is 0 Å². The zero-order valence-electron chi connectivity index (χ0n) is 18.3. The molecule has 1 aliphatic rings. The summed E-state index contributed by atoms with van der Waals surface area (Å²) in [5.41, 5.74) is 4.27. The predicted octanol–water partition coefficient (Wildman–Crippen LogP) is 1.92. The number of hydrogen-bond donors (Lipinski definition) is 3. The first-order chi connectivity index (χ1) is 15.6. The van der Waals surface area contributed by atoms with Gasteiger partial charge in [0, 0.05) is 12.2 Å². The highest BCUT2D eigenvalue weighted by molar-refractivity contribution is 7.90. The van der Waals surface area contributed by atoms with Gasteiger partial charge in [-0.2, -0.15) is 0 Å². The Morgan fingerprint density at radius 1 is 1.00 bits per heavy atom. The van der Waals surface area contributed by atoms with E-state index in [2.05, 4.69) is 10.6 Å². The number of ether oxygens (including phenoxy) is 1. The summed E-state index contributed by atoms with van der Waals surface area (Å²) in [4.78, 5) is 35.9. The van der Waals surface area contributed by atoms with E-state index >= 15 is 0 Å². The summed E-state index contributed by atoms with van der Waals surface area (Å²) in [5.74, 6) is -2.65. The molecule has 3 rings (SSSR count). The van der Waals surface area contributed by atoms with Gasteiger partial charge < -0.3 is 20.5 Å². The summed E-state index contributed by atoms with van der Waals surface area (Å²) < 4.78 is 27.9. The maximum Gasteiger partial charge on any atom is 0.407 e. The Labute approximate surface area is 192 Å². The van der Waals surface area contributed by atoms with E-state index in [1.165, 1.54) is 6.92 Å². The summed E-state index contributed by atoms with van der Waals surface area (Å²) in [6, 6.07) is 13.3. The minimum absolute atomic E-state index is 0.0698. The largest absolute Gasteiger partial charge is 0.480 e. The van der Waals surface area contributed by atoms with Crippen LogP contribution in [0.3, 0.4) is 0 Å². The number of carbonyl (C=O) groups is 3. The Balaban J connectivity index is 1.56. The third kappa shape index (κ3) is 6.10. The van der Waals surface area contributed by atoms with Crippen molar-refractivity contribution in [2.45, 2.75) is 31.3 Å². The van der Waals surface area contributed by atoms with Crippen molar-refractivity contribution in [3.8, 4) is 11.1 Å². The summed E-state index contributed by atoms with van der Waals surface area (Å²) in [5, 5.41) is 13.9. The number of hydrogen-bond acceptors (Lipinski definition) is 6. The maximum absolute atomic E-state index is 12.3. The second-order valence-electron chi connectivity index (χ2n) is 8.01. The van der Waals surface area contributed by atoms with Gasteiger partial charge in [-0.25, -0.2) is 18.0 Å². The average molecular weight is 475 g/mol. The van der Waals surface area contributed by atoms with Crippen LogP contribution >= 0.6 is 0 Å². The molecule has 0 aliphatic heterocycles. The van der Waals surface area contributed by atoms with Crippen molar-refractivity contribution >= 4 is 27.8 Å². The van der Waals surface area contributed by atoms with Crippen LogP contribution in [0.15, 0.2) is 48.5 Å². The van der Waals surface area contributed by atoms with Gasteiger partial charge >= 0.3 is 12.1 Å². The van der Waals surface area contributed by atoms with Gasteiger partial charge in [0.25, 0.3) is 0 Å². The number of fused-ring (bicyclic) bond motifs is 3. The molecule has 1 aliphatic carbocycles. The van der Waals surface area contributed by atoms with Gasteiger partial charge in [-0.3, -0.25) is 4.79 Å². The second-order valence-corrected chi connectivity index (χ2v) is 10.3. The van der Waals surface area contributed by atoms with Crippen LogP contribution in [0.4, 0.5) is 4.79 Å². The molecule has 0 heterocycles. The molecular formula is C23H26N2O7S. The summed E-state index contributed by atoms with van der Waals surface area (Å²) in [6.45, 7) is 1.45. The van der Waals surface area contributed by atoms with Gasteiger partial charge in [-0.1, -0.05) is 48.5 Å². The Morgan fingerprint density at radius 3 is 2.06 bits per heavy atom. The van der Waals surface area contributed by atoms with Crippen molar-refractivity contribution < 1.29 is 32.6 Å². The molecule has 2 aromatic carbocycles. The van der Waals surface area contributed by atoms with E-state index in [1.54, 1.807) is 0 Å². The number of sulfone groups is 1. The first kappa shape index (κ1) is 24.2. The highest BCUT2D eigenvalue weighted by Gasteiger charge is 2.30. The van der Waals surface area contributed by atoms with Crippen molar-refractivity contribution in [2.24, 2.45) is 0 Å². The molecule has 0 fully saturated rings. The molecule has 0 saturated carbocycles. The number of nitrogens with one attached hydrogen (secondary N) is 2. The standard InChI is InChI=1S/C23H26N2O7S/c1-14(21(26)25-20(22(27)28)11-12-33(2,30)31)24-23(29)32-13-19-17-9-5-3-7-15(17)16-8-4-6-10-18(16)19/h3-10,14,19-20H,11-13H2,1-2H3,(H,24,29)(H,25,26)(H,27,28). The monoisotopic (exact) mass is 474 g/mol. The number of carbonyl (C=O) groups excluding carboxylic acids is 2. The highest BCUT2D eigenvalue weighted by atomic mass is 32.2. The SMILES string of the molecule is CC(NC(=O)OCC1c2ccccc2-c2ccccc21)C(=O)NC(CCS(C)(=O)=O)C(=O)O. The minimum atomic E-state index is -3.39. The zero-order valence-corrected chi connectivity index (χ0v) is 19.1. The van der Waals surface area contributed by atoms with Gasteiger partial charge in [0.05, 0.1) is 5.75 Å². The van der Waals surface area contributed by atoms with E-state index in [4.69, 9.17) is 4.74 Å². The van der Waals surface area contributed by atoms with Crippen molar-refractivity contribution in [3.05, 3.63) is 59.7 Å². The minimum Gasteiger partial charge on any atom is -0.480 e. The zero-order chi connectivity index (χ0) is 24.2. The molecule has 9 nitrogen and oxygen atoms in total. The molecule has 2 unspecified atom stereocenters. The normalized spacial score (nSPS) is 14.5. The Kier molecular flexibility index (Phi) is 7.37. The van der Waals surface area contributed by atoms with Crippen LogP contribution in [0.2, 0.25) is 0 Å². The maximum atomic E-state index is 12.3. The van der Waals surface area contributed by atoms with E-state index in [1.807, 2.05) is 48.5 Å². The lowest BCUT2D eigenvalue weighted by molar-refractivity contribution is -0.142. The molecule has 3 N–H and O–H groups in total. The highest BCUT2D eigenvalue weighted by Crippen LogP contribution is 2.44. The summed E-state index contributed by atoms with van der Waals surface area (Å²) in [7, 11) is -3.39. The Hall–Kier alpha value is -3.40. The number of rotatable bonds is 9. The van der Waals surface area contributed by atoms with Crippen LogP contribution in [0.5, 0.6) is 0 Å². The lowest BCUT2D eigenvalue weighted by Crippen LogP contribution is -2.50. The molecule has 33 heavy (non-hydrogen) atoms. The van der Waals surface area contributed by atoms with E-state index in [9.17, 15) is 27.9 Å². The molecule has 2 amide bonds. The topological polar surface area (TPSA) is 139 Å². The molecule has 0 aromatic heterocycles. The van der Waals surface area contributed by atoms with Gasteiger partial charge in [0.2, 0.25) is 5.91 Å². The molecule has 0 bridgehead atoms. The van der Waals surface area contributed by atoms with Gasteiger partial charge in [0.15, 0.2) is 0 Å². The number of aliphatic carboxylic acids is 1. The lowest BCUT2D eigenvalue weighted by atomic mass is 9.98. The first-order valence-corrected chi connectivity index (χ1v) is 12.5. The summed E-state index contributed by atoms with van der Waals surface area (Å²) in [6.07, 6.45) is -0.116. The van der Waals surface area contributed by atoms with Crippen molar-refractivity contribution in [3.63, 3.8) is 0 Å². The first-order valence-electron chi connectivity index (χ1n) is 10.4. The van der Waals surface area contributed by atoms with Crippen molar-refractivity contribution in [2.75, 3.05) is 18.6 Å². The third-order valence-electron chi connectivity index (χ3n) is 5.46. The van der Waals surface area contributed by atoms with Crippen LogP contribution in [0.25, 0.3) is 11.1 Å². The number of benzene rings is 2. The second kappa shape index (κ2) is 10.0. The molecule has 0 spiro atoms. The molecule has 2 aromatic rings. The molecule has 176 valence electrons. The van der Waals surface area contributed by atoms with Crippen LogP contribution in [-0.2, 0) is 24.2 Å². The Bertz CT molecular complexity index is 1120. The third-order valence-corrected chi connectivity index (χ3v) is 6.44. The van der Waals surface area contributed by atoms with E-state index < -0.39 is 45.6 Å². The van der Waals surface area contributed by atoms with E-state index in [-0.39, 0.29) is 18.9 Å². The van der Waals surface area contributed by atoms with Crippen LogP contribution in [-0.4, -0.2) is 62.2 Å². The van der Waals surface area contributed by atoms with Crippen LogP contribution < -0.4 is 10.6 Å². The molecular weight excluding hydrogens is 448 g/mol. The molecule has 0 saturated heterocycles. The van der Waals surface area contributed by atoms with Gasteiger partial charge in [0.1, 0.15) is 28.5 Å². The number of alkyl carbamates (subject to hydrolysis) is 1. The fourth-order valence-electron chi connectivity index (χ4n) is 3.77.